The Hall–Kier alpha value is -3.84. The van der Waals surface area contributed by atoms with Crippen molar-refractivity contribution in [2.45, 2.75) is 47.1 Å². The van der Waals surface area contributed by atoms with Gasteiger partial charge in [-0.2, -0.15) is 5.26 Å². The molecule has 1 amide bonds. The summed E-state index contributed by atoms with van der Waals surface area (Å²) < 4.78 is 18.5. The van der Waals surface area contributed by atoms with E-state index in [4.69, 9.17) is 4.74 Å². The number of halogens is 1. The normalized spacial score (nSPS) is 10.6. The highest BCUT2D eigenvalue weighted by Gasteiger charge is 2.25. The average molecular weight is 497 g/mol. The largest absolute Gasteiger partial charge is 0.462 e. The second-order valence-corrected chi connectivity index (χ2v) is 8.88. The molecule has 0 aliphatic heterocycles. The summed E-state index contributed by atoms with van der Waals surface area (Å²) in [7, 11) is 0. The molecule has 182 valence electrons. The smallest absolute Gasteiger partial charge is 0.350 e. The number of anilines is 1. The van der Waals surface area contributed by atoms with Crippen molar-refractivity contribution in [2.75, 3.05) is 11.5 Å². The first kappa shape index (κ1) is 25.8. The van der Waals surface area contributed by atoms with Crippen molar-refractivity contribution < 1.29 is 18.7 Å². The van der Waals surface area contributed by atoms with Gasteiger partial charge in [0.1, 0.15) is 22.3 Å². The summed E-state index contributed by atoms with van der Waals surface area (Å²) in [6, 6.07) is 7.70. The average Bonchev–Trinajstić information content (AvgIpc) is 3.19. The summed E-state index contributed by atoms with van der Waals surface area (Å²) in [5.41, 5.74) is 2.56. The number of nitrogens with one attached hydrogen (secondary N) is 1. The molecule has 0 saturated heterocycles. The van der Waals surface area contributed by atoms with E-state index in [2.05, 4.69) is 9.97 Å². The zero-order chi connectivity index (χ0) is 25.7. The van der Waals surface area contributed by atoms with Gasteiger partial charge in [0.15, 0.2) is 5.13 Å². The second-order valence-electron chi connectivity index (χ2n) is 7.91. The van der Waals surface area contributed by atoms with Gasteiger partial charge in [-0.05, 0) is 62.9 Å². The van der Waals surface area contributed by atoms with Crippen LogP contribution in [-0.2, 0) is 22.5 Å². The molecule has 3 aromatic rings. The van der Waals surface area contributed by atoms with Crippen LogP contribution in [0, 0.1) is 37.9 Å². The number of ether oxygens (including phenoxy) is 1. The molecule has 35 heavy (non-hydrogen) atoms. The summed E-state index contributed by atoms with van der Waals surface area (Å²) >= 11 is 1.06. The molecule has 0 unspecified atom stereocenters. The van der Waals surface area contributed by atoms with E-state index in [0.29, 0.717) is 32.5 Å². The molecule has 0 radical (unpaired) electrons. The van der Waals surface area contributed by atoms with Crippen LogP contribution in [0.2, 0.25) is 0 Å². The molecule has 1 aromatic carbocycles. The minimum absolute atomic E-state index is 0.0239. The fraction of sp³-hybridized carbons (Fsp3) is 0.320. The molecule has 2 aromatic heterocycles. The van der Waals surface area contributed by atoms with Gasteiger partial charge >= 0.3 is 5.97 Å². The summed E-state index contributed by atoms with van der Waals surface area (Å²) in [6.07, 6.45) is 0.351. The summed E-state index contributed by atoms with van der Waals surface area (Å²) in [4.78, 5) is 46.6. The first-order chi connectivity index (χ1) is 16.7. The number of rotatable bonds is 8. The van der Waals surface area contributed by atoms with E-state index in [1.807, 2.05) is 6.07 Å². The van der Waals surface area contributed by atoms with Crippen molar-refractivity contribution in [1.29, 1.82) is 5.26 Å². The van der Waals surface area contributed by atoms with Crippen LogP contribution in [0.25, 0.3) is 0 Å². The van der Waals surface area contributed by atoms with Crippen LogP contribution in [-0.4, -0.2) is 28.5 Å². The van der Waals surface area contributed by atoms with Gasteiger partial charge in [-0.1, -0.05) is 23.5 Å². The van der Waals surface area contributed by atoms with E-state index in [0.717, 1.165) is 16.9 Å². The lowest BCUT2D eigenvalue weighted by molar-refractivity contribution is -0.118. The Morgan fingerprint density at radius 2 is 1.91 bits per heavy atom. The number of nitrogens with zero attached hydrogens (tertiary/aromatic N) is 3. The van der Waals surface area contributed by atoms with Crippen molar-refractivity contribution in [3.8, 4) is 6.07 Å². The van der Waals surface area contributed by atoms with Crippen LogP contribution >= 0.6 is 11.3 Å². The highest BCUT2D eigenvalue weighted by atomic mass is 32.1. The van der Waals surface area contributed by atoms with E-state index in [1.165, 1.54) is 17.0 Å². The quantitative estimate of drug-likeness (QED) is 0.469. The molecule has 8 nitrogen and oxygen atoms in total. The first-order valence-electron chi connectivity index (χ1n) is 11.0. The van der Waals surface area contributed by atoms with Gasteiger partial charge in [0.05, 0.1) is 18.8 Å². The van der Waals surface area contributed by atoms with Gasteiger partial charge in [0.25, 0.3) is 5.56 Å². The number of benzene rings is 1. The third-order valence-corrected chi connectivity index (χ3v) is 6.70. The number of amides is 1. The maximum atomic E-state index is 13.4. The number of aryl methyl sites for hydroxylation is 2. The molecule has 0 bridgehead atoms. The van der Waals surface area contributed by atoms with Crippen molar-refractivity contribution >= 4 is 28.3 Å². The number of thiazole rings is 1. The van der Waals surface area contributed by atoms with Gasteiger partial charge in [-0.15, -0.1) is 0 Å². The Balaban J connectivity index is 1.93. The number of esters is 1. The van der Waals surface area contributed by atoms with Crippen molar-refractivity contribution in [3.63, 3.8) is 0 Å². The lowest BCUT2D eigenvalue weighted by atomic mass is 9.99. The van der Waals surface area contributed by atoms with Gasteiger partial charge in [0, 0.05) is 12.1 Å². The predicted molar refractivity (Wildman–Crippen MR) is 130 cm³/mol. The Bertz CT molecular complexity index is 1360. The van der Waals surface area contributed by atoms with Gasteiger partial charge in [0.2, 0.25) is 5.91 Å². The van der Waals surface area contributed by atoms with Crippen LogP contribution in [0.3, 0.4) is 0 Å². The SMILES string of the molecule is CCOC(=O)c1sc(N(Cc2ccc(F)cc2)C(=O)CCc2c(C)[nH]c(=O)c(C#N)c2C)nc1C. The Kier molecular flexibility index (Phi) is 8.14. The second kappa shape index (κ2) is 11.1. The molecule has 0 saturated carbocycles. The number of carbonyl (C=O) groups is 2. The van der Waals surface area contributed by atoms with E-state index in [1.54, 1.807) is 39.8 Å². The van der Waals surface area contributed by atoms with Gasteiger partial charge < -0.3 is 9.72 Å². The topological polar surface area (TPSA) is 116 Å². The molecule has 3 rings (SSSR count). The van der Waals surface area contributed by atoms with E-state index in [9.17, 15) is 24.0 Å². The number of hydrogen-bond acceptors (Lipinski definition) is 7. The van der Waals surface area contributed by atoms with E-state index in [-0.39, 0.29) is 37.5 Å². The minimum atomic E-state index is -0.508. The Morgan fingerprint density at radius 1 is 1.23 bits per heavy atom. The standard InChI is InChI=1S/C25H25FN4O4S/c1-5-34-24(33)22-16(4)29-25(35-22)30(13-17-6-8-18(26)9-7-17)21(31)11-10-19-14(2)20(12-27)23(32)28-15(19)3/h6-9H,5,10-11,13H2,1-4H3,(H,28,32). The molecular weight excluding hydrogens is 471 g/mol. The number of aromatic nitrogens is 2. The monoisotopic (exact) mass is 496 g/mol. The predicted octanol–water partition coefficient (Wildman–Crippen LogP) is 4.11. The maximum absolute atomic E-state index is 13.4. The molecule has 0 aliphatic rings. The Morgan fingerprint density at radius 3 is 2.54 bits per heavy atom. The Labute approximate surface area is 206 Å². The van der Waals surface area contributed by atoms with Crippen LogP contribution in [0.15, 0.2) is 29.1 Å². The van der Waals surface area contributed by atoms with Gasteiger partial charge in [-0.25, -0.2) is 14.2 Å². The van der Waals surface area contributed by atoms with Crippen LogP contribution in [0.1, 0.15) is 56.7 Å². The molecular formula is C25H25FN4O4S. The third-order valence-electron chi connectivity index (χ3n) is 5.54. The zero-order valence-electron chi connectivity index (χ0n) is 19.9. The molecule has 2 heterocycles. The summed E-state index contributed by atoms with van der Waals surface area (Å²) in [6.45, 7) is 7.13. The van der Waals surface area contributed by atoms with Crippen LogP contribution < -0.4 is 10.5 Å². The molecule has 0 spiro atoms. The molecule has 0 fully saturated rings. The molecule has 1 N–H and O–H groups in total. The minimum Gasteiger partial charge on any atom is -0.462 e. The lowest BCUT2D eigenvalue weighted by Crippen LogP contribution is -2.31. The van der Waals surface area contributed by atoms with E-state index < -0.39 is 17.3 Å². The molecule has 10 heteroatoms. The van der Waals surface area contributed by atoms with E-state index >= 15 is 0 Å². The molecule has 0 aliphatic carbocycles. The van der Waals surface area contributed by atoms with Crippen molar-refractivity contribution in [1.82, 2.24) is 9.97 Å². The lowest BCUT2D eigenvalue weighted by Gasteiger charge is -2.21. The van der Waals surface area contributed by atoms with Crippen LogP contribution in [0.5, 0.6) is 0 Å². The third kappa shape index (κ3) is 5.81. The maximum Gasteiger partial charge on any atom is 0.350 e. The summed E-state index contributed by atoms with van der Waals surface area (Å²) in [5, 5.41) is 9.63. The van der Waals surface area contributed by atoms with Crippen LogP contribution in [0.4, 0.5) is 9.52 Å². The molecule has 0 atom stereocenters. The number of H-pyrrole nitrogens is 1. The fourth-order valence-corrected chi connectivity index (χ4v) is 4.68. The zero-order valence-corrected chi connectivity index (χ0v) is 20.7. The number of pyridine rings is 1. The van der Waals surface area contributed by atoms with Gasteiger partial charge in [-0.3, -0.25) is 14.5 Å². The first-order valence-corrected chi connectivity index (χ1v) is 11.8. The van der Waals surface area contributed by atoms with Crippen molar-refractivity contribution in [3.05, 3.63) is 79.0 Å². The fourth-order valence-electron chi connectivity index (χ4n) is 3.71. The highest BCUT2D eigenvalue weighted by Crippen LogP contribution is 2.29. The number of nitriles is 1. The number of hydrogen-bond donors (Lipinski definition) is 1. The summed E-state index contributed by atoms with van der Waals surface area (Å²) in [5.74, 6) is -1.17. The van der Waals surface area contributed by atoms with Crippen molar-refractivity contribution in [2.24, 2.45) is 0 Å². The number of aromatic amines is 1. The highest BCUT2D eigenvalue weighted by molar-refractivity contribution is 7.17. The number of carbonyl (C=O) groups excluding carboxylic acids is 2.